The summed E-state index contributed by atoms with van der Waals surface area (Å²) in [6, 6.07) is -0.183. The highest BCUT2D eigenvalue weighted by Gasteiger charge is 2.16. The molecule has 0 aliphatic carbocycles. The predicted octanol–water partition coefficient (Wildman–Crippen LogP) is 0.604. The van der Waals surface area contributed by atoms with Crippen LogP contribution in [0.1, 0.15) is 34.6 Å². The summed E-state index contributed by atoms with van der Waals surface area (Å²) in [5, 5.41) is 5.77. The minimum absolute atomic E-state index is 0.00601. The maximum atomic E-state index is 11.7. The first kappa shape index (κ1) is 16.9. The van der Waals surface area contributed by atoms with Crippen LogP contribution in [0.15, 0.2) is 0 Å². The van der Waals surface area contributed by atoms with Crippen molar-refractivity contribution in [2.45, 2.75) is 46.7 Å². The number of nitrogens with one attached hydrogen (secondary N) is 2. The third kappa shape index (κ3) is 6.59. The van der Waals surface area contributed by atoms with E-state index >= 15 is 0 Å². The van der Waals surface area contributed by atoms with Gasteiger partial charge >= 0.3 is 0 Å². The topological polar surface area (TPSA) is 61.4 Å². The van der Waals surface area contributed by atoms with Gasteiger partial charge in [0.05, 0.1) is 12.6 Å². The van der Waals surface area contributed by atoms with Crippen LogP contribution < -0.4 is 10.6 Å². The molecule has 5 nitrogen and oxygen atoms in total. The molecule has 0 heterocycles. The lowest BCUT2D eigenvalue weighted by Gasteiger charge is -2.22. The van der Waals surface area contributed by atoms with Crippen LogP contribution >= 0.6 is 0 Å². The smallest absolute Gasteiger partial charge is 0.236 e. The van der Waals surface area contributed by atoms with Crippen LogP contribution in [0, 0.1) is 5.92 Å². The Morgan fingerprint density at radius 2 is 1.67 bits per heavy atom. The highest BCUT2D eigenvalue weighted by atomic mass is 16.2. The summed E-state index contributed by atoms with van der Waals surface area (Å²) >= 11 is 0. The van der Waals surface area contributed by atoms with E-state index in [-0.39, 0.29) is 30.4 Å². The van der Waals surface area contributed by atoms with Crippen LogP contribution in [0.25, 0.3) is 0 Å². The lowest BCUT2D eigenvalue weighted by atomic mass is 10.2. The molecule has 0 aliphatic heterocycles. The first-order chi connectivity index (χ1) is 8.25. The van der Waals surface area contributed by atoms with Gasteiger partial charge in [0.25, 0.3) is 0 Å². The van der Waals surface area contributed by atoms with E-state index in [4.69, 9.17) is 0 Å². The van der Waals surface area contributed by atoms with E-state index in [1.165, 1.54) is 0 Å². The molecule has 0 aromatic carbocycles. The molecule has 106 valence electrons. The molecule has 0 rings (SSSR count). The van der Waals surface area contributed by atoms with Crippen LogP contribution in [0.4, 0.5) is 0 Å². The summed E-state index contributed by atoms with van der Waals surface area (Å²) in [4.78, 5) is 25.0. The van der Waals surface area contributed by atoms with E-state index < -0.39 is 0 Å². The second-order valence-corrected chi connectivity index (χ2v) is 5.34. The molecule has 1 atom stereocenters. The maximum Gasteiger partial charge on any atom is 0.236 e. The summed E-state index contributed by atoms with van der Waals surface area (Å²) in [5.74, 6) is 0.354. The Balaban J connectivity index is 3.99. The third-order valence-electron chi connectivity index (χ3n) is 2.81. The Morgan fingerprint density at radius 1 is 1.11 bits per heavy atom. The molecule has 18 heavy (non-hydrogen) atoms. The van der Waals surface area contributed by atoms with Gasteiger partial charge in [0.1, 0.15) is 0 Å². The molecule has 1 unspecified atom stereocenters. The molecule has 2 N–H and O–H groups in total. The number of carbonyl (C=O) groups excluding carboxylic acids is 2. The molecular formula is C13H27N3O2. The highest BCUT2D eigenvalue weighted by molar-refractivity contribution is 5.83. The molecule has 0 aromatic heterocycles. The molecule has 0 saturated carbocycles. The largest absolute Gasteiger partial charge is 0.354 e. The minimum Gasteiger partial charge on any atom is -0.354 e. The summed E-state index contributed by atoms with van der Waals surface area (Å²) in [6.45, 7) is 10.6. The van der Waals surface area contributed by atoms with E-state index in [1.54, 1.807) is 18.9 Å². The predicted molar refractivity (Wildman–Crippen MR) is 73.2 cm³/mol. The highest BCUT2D eigenvalue weighted by Crippen LogP contribution is 1.94. The Hall–Kier alpha value is -1.10. The Kier molecular flexibility index (Phi) is 7.59. The van der Waals surface area contributed by atoms with E-state index in [0.29, 0.717) is 12.5 Å². The molecule has 0 saturated heterocycles. The Morgan fingerprint density at radius 3 is 2.11 bits per heavy atom. The summed E-state index contributed by atoms with van der Waals surface area (Å²) < 4.78 is 0. The van der Waals surface area contributed by atoms with Crippen molar-refractivity contribution in [3.63, 3.8) is 0 Å². The van der Waals surface area contributed by atoms with Crippen molar-refractivity contribution in [3.05, 3.63) is 0 Å². The molecule has 0 spiro atoms. The van der Waals surface area contributed by atoms with Crippen molar-refractivity contribution in [1.82, 2.24) is 15.5 Å². The SMILES string of the molecule is CC(C)CNC(=O)C(C)NCC(=O)N(C)C(C)C. The quantitative estimate of drug-likeness (QED) is 0.702. The molecule has 0 aliphatic rings. The van der Waals surface area contributed by atoms with Crippen molar-refractivity contribution in [3.8, 4) is 0 Å². The molecule has 0 aromatic rings. The van der Waals surface area contributed by atoms with Gasteiger partial charge in [0, 0.05) is 19.6 Å². The van der Waals surface area contributed by atoms with Crippen molar-refractivity contribution in [1.29, 1.82) is 0 Å². The lowest BCUT2D eigenvalue weighted by molar-refractivity contribution is -0.130. The number of rotatable bonds is 7. The molecule has 0 fully saturated rings. The first-order valence-electron chi connectivity index (χ1n) is 6.52. The zero-order valence-electron chi connectivity index (χ0n) is 12.4. The van der Waals surface area contributed by atoms with Gasteiger partial charge in [0.2, 0.25) is 11.8 Å². The third-order valence-corrected chi connectivity index (χ3v) is 2.81. The van der Waals surface area contributed by atoms with Crippen molar-refractivity contribution < 1.29 is 9.59 Å². The van der Waals surface area contributed by atoms with Crippen LogP contribution in [0.3, 0.4) is 0 Å². The van der Waals surface area contributed by atoms with Crippen LogP contribution in [-0.4, -0.2) is 48.9 Å². The van der Waals surface area contributed by atoms with Gasteiger partial charge in [-0.05, 0) is 26.7 Å². The number of carbonyl (C=O) groups is 2. The number of likely N-dealkylation sites (N-methyl/N-ethyl adjacent to an activating group) is 1. The Bertz CT molecular complexity index is 277. The monoisotopic (exact) mass is 257 g/mol. The van der Waals surface area contributed by atoms with E-state index in [1.807, 2.05) is 27.7 Å². The molecule has 0 bridgehead atoms. The van der Waals surface area contributed by atoms with Gasteiger partial charge in [-0.15, -0.1) is 0 Å². The van der Waals surface area contributed by atoms with Crippen molar-refractivity contribution in [2.24, 2.45) is 5.92 Å². The average molecular weight is 257 g/mol. The van der Waals surface area contributed by atoms with Crippen LogP contribution in [0.2, 0.25) is 0 Å². The first-order valence-corrected chi connectivity index (χ1v) is 6.52. The number of nitrogens with zero attached hydrogens (tertiary/aromatic N) is 1. The molecule has 2 amide bonds. The molecule has 0 radical (unpaired) electrons. The molecule has 5 heteroatoms. The fourth-order valence-corrected chi connectivity index (χ4v) is 1.20. The second-order valence-electron chi connectivity index (χ2n) is 5.34. The van der Waals surface area contributed by atoms with Crippen LogP contribution in [0.5, 0.6) is 0 Å². The summed E-state index contributed by atoms with van der Waals surface area (Å²) in [7, 11) is 1.76. The lowest BCUT2D eigenvalue weighted by Crippen LogP contribution is -2.47. The number of hydrogen-bond acceptors (Lipinski definition) is 3. The van der Waals surface area contributed by atoms with Crippen LogP contribution in [-0.2, 0) is 9.59 Å². The van der Waals surface area contributed by atoms with E-state index in [0.717, 1.165) is 0 Å². The fourth-order valence-electron chi connectivity index (χ4n) is 1.20. The minimum atomic E-state index is -0.353. The summed E-state index contributed by atoms with van der Waals surface area (Å²) in [6.07, 6.45) is 0. The van der Waals surface area contributed by atoms with Gasteiger partial charge in [-0.1, -0.05) is 13.8 Å². The Labute approximate surface area is 110 Å². The van der Waals surface area contributed by atoms with Gasteiger partial charge < -0.3 is 10.2 Å². The van der Waals surface area contributed by atoms with Crippen molar-refractivity contribution >= 4 is 11.8 Å². The zero-order chi connectivity index (χ0) is 14.3. The number of amides is 2. The van der Waals surface area contributed by atoms with Crippen molar-refractivity contribution in [2.75, 3.05) is 20.1 Å². The van der Waals surface area contributed by atoms with Gasteiger partial charge in [0.15, 0.2) is 0 Å². The normalized spacial score (nSPS) is 12.7. The zero-order valence-corrected chi connectivity index (χ0v) is 12.4. The maximum absolute atomic E-state index is 11.7. The van der Waals surface area contributed by atoms with Gasteiger partial charge in [-0.25, -0.2) is 0 Å². The fraction of sp³-hybridized carbons (Fsp3) is 0.846. The van der Waals surface area contributed by atoms with Gasteiger partial charge in [-0.3, -0.25) is 14.9 Å². The van der Waals surface area contributed by atoms with E-state index in [2.05, 4.69) is 10.6 Å². The molecular weight excluding hydrogens is 230 g/mol. The van der Waals surface area contributed by atoms with Gasteiger partial charge in [-0.2, -0.15) is 0 Å². The van der Waals surface area contributed by atoms with E-state index in [9.17, 15) is 9.59 Å². The summed E-state index contributed by atoms with van der Waals surface area (Å²) in [5.41, 5.74) is 0. The average Bonchev–Trinajstić information content (AvgIpc) is 2.30. The second kappa shape index (κ2) is 8.08. The standard InChI is InChI=1S/C13H27N3O2/c1-9(2)7-15-13(18)11(5)14-8-12(17)16(6)10(3)4/h9-11,14H,7-8H2,1-6H3,(H,15,18). The number of hydrogen-bond donors (Lipinski definition) is 2.